The van der Waals surface area contributed by atoms with E-state index >= 15 is 0 Å². The van der Waals surface area contributed by atoms with Gasteiger partial charge in [0, 0.05) is 0 Å². The highest BCUT2D eigenvalue weighted by atomic mass is 16.7. The monoisotopic (exact) mass is 742 g/mol. The molecule has 1 unspecified atom stereocenters. The lowest BCUT2D eigenvalue weighted by atomic mass is 9.99. The molecule has 306 valence electrons. The van der Waals surface area contributed by atoms with E-state index in [0.29, 0.717) is 19.3 Å². The summed E-state index contributed by atoms with van der Waals surface area (Å²) in [7, 11) is 0. The van der Waals surface area contributed by atoms with Crippen molar-refractivity contribution in [1.29, 1.82) is 0 Å². The van der Waals surface area contributed by atoms with E-state index in [1.165, 1.54) is 109 Å². The molecule has 1 heterocycles. The lowest BCUT2D eigenvalue weighted by Crippen LogP contribution is -2.60. The Kier molecular flexibility index (Phi) is 30.9. The van der Waals surface area contributed by atoms with Crippen LogP contribution < -0.4 is 5.32 Å². The fourth-order valence-corrected chi connectivity index (χ4v) is 6.59. The average molecular weight is 742 g/mol. The Bertz CT molecular complexity index is 886. The van der Waals surface area contributed by atoms with Crippen molar-refractivity contribution in [3.05, 3.63) is 24.3 Å². The molecule has 1 rings (SSSR count). The van der Waals surface area contributed by atoms with Crippen LogP contribution in [0.1, 0.15) is 174 Å². The Morgan fingerprint density at radius 1 is 0.654 bits per heavy atom. The van der Waals surface area contributed by atoms with Gasteiger partial charge in [-0.1, -0.05) is 167 Å². The third kappa shape index (κ3) is 23.4. The minimum absolute atomic E-state index is 0.307. The molecule has 0 radical (unpaired) electrons. The summed E-state index contributed by atoms with van der Waals surface area (Å²) in [5.74, 6) is -0.627. The van der Waals surface area contributed by atoms with Crippen molar-refractivity contribution in [3.63, 3.8) is 0 Å². The molecule has 10 nitrogen and oxygen atoms in total. The van der Waals surface area contributed by atoms with Gasteiger partial charge in [-0.05, 0) is 32.1 Å². The van der Waals surface area contributed by atoms with E-state index in [-0.39, 0.29) is 6.61 Å². The summed E-state index contributed by atoms with van der Waals surface area (Å²) in [5.41, 5.74) is 0. The molecule has 7 N–H and O–H groups in total. The van der Waals surface area contributed by atoms with Crippen molar-refractivity contribution in [2.75, 3.05) is 13.2 Å². The summed E-state index contributed by atoms with van der Waals surface area (Å²) in [6.45, 7) is 3.56. The largest absolute Gasteiger partial charge is 0.394 e. The van der Waals surface area contributed by atoms with E-state index in [2.05, 4.69) is 31.3 Å². The van der Waals surface area contributed by atoms with Gasteiger partial charge in [-0.3, -0.25) is 4.79 Å². The van der Waals surface area contributed by atoms with E-state index in [0.717, 1.165) is 32.1 Å². The number of ether oxygens (including phenoxy) is 2. The van der Waals surface area contributed by atoms with Crippen LogP contribution in [-0.2, 0) is 14.3 Å². The third-order valence-corrected chi connectivity index (χ3v) is 10.1. The van der Waals surface area contributed by atoms with E-state index in [9.17, 15) is 35.4 Å². The molecule has 52 heavy (non-hydrogen) atoms. The van der Waals surface area contributed by atoms with Gasteiger partial charge in [0.1, 0.15) is 30.5 Å². The summed E-state index contributed by atoms with van der Waals surface area (Å²) in [6, 6.07) is -0.991. The normalized spacial score (nSPS) is 22.7. The molecule has 1 fully saturated rings. The summed E-state index contributed by atoms with van der Waals surface area (Å²) in [4.78, 5) is 13.0. The molecular weight excluding hydrogens is 662 g/mol. The number of rotatable bonds is 34. The molecular formula is C42H79NO9. The quantitative estimate of drug-likeness (QED) is 0.0274. The van der Waals surface area contributed by atoms with Gasteiger partial charge in [0.25, 0.3) is 0 Å². The van der Waals surface area contributed by atoms with E-state index in [4.69, 9.17) is 9.47 Å². The van der Waals surface area contributed by atoms with Gasteiger partial charge in [0.2, 0.25) is 5.91 Å². The lowest BCUT2D eigenvalue weighted by Gasteiger charge is -2.40. The van der Waals surface area contributed by atoms with Crippen LogP contribution in [0.2, 0.25) is 0 Å². The Morgan fingerprint density at radius 3 is 1.67 bits per heavy atom. The van der Waals surface area contributed by atoms with Gasteiger partial charge >= 0.3 is 0 Å². The van der Waals surface area contributed by atoms with Crippen LogP contribution in [-0.4, -0.2) is 98.7 Å². The second-order valence-electron chi connectivity index (χ2n) is 14.9. The number of aliphatic hydroxyl groups is 6. The fourth-order valence-electron chi connectivity index (χ4n) is 6.59. The minimum Gasteiger partial charge on any atom is -0.394 e. The number of nitrogens with one attached hydrogen (secondary N) is 1. The van der Waals surface area contributed by atoms with E-state index in [1.54, 1.807) is 6.08 Å². The smallest absolute Gasteiger partial charge is 0.249 e. The molecule has 1 aliphatic heterocycles. The number of hydrogen-bond donors (Lipinski definition) is 7. The van der Waals surface area contributed by atoms with Crippen molar-refractivity contribution >= 4 is 5.91 Å². The lowest BCUT2D eigenvalue weighted by molar-refractivity contribution is -0.302. The predicted octanol–water partition coefficient (Wildman–Crippen LogP) is 6.91. The van der Waals surface area contributed by atoms with Crippen molar-refractivity contribution in [2.24, 2.45) is 0 Å². The highest BCUT2D eigenvalue weighted by Gasteiger charge is 2.44. The maximum atomic E-state index is 13.0. The summed E-state index contributed by atoms with van der Waals surface area (Å²) < 4.78 is 11.1. The molecule has 0 spiro atoms. The van der Waals surface area contributed by atoms with Crippen LogP contribution in [0, 0.1) is 0 Å². The van der Waals surface area contributed by atoms with Crippen LogP contribution in [0.5, 0.6) is 0 Å². The molecule has 0 aromatic heterocycles. The highest BCUT2D eigenvalue weighted by Crippen LogP contribution is 2.22. The van der Waals surface area contributed by atoms with E-state index in [1.807, 2.05) is 6.08 Å². The zero-order chi connectivity index (χ0) is 38.2. The number of carbonyl (C=O) groups excluding carboxylic acids is 1. The summed E-state index contributed by atoms with van der Waals surface area (Å²) in [5, 5.41) is 64.4. The first kappa shape index (κ1) is 48.6. The second kappa shape index (κ2) is 33.0. The van der Waals surface area contributed by atoms with Gasteiger partial charge < -0.3 is 45.4 Å². The second-order valence-corrected chi connectivity index (χ2v) is 14.9. The Labute approximate surface area is 316 Å². The number of aliphatic hydroxyl groups excluding tert-OH is 6. The highest BCUT2D eigenvalue weighted by molar-refractivity contribution is 5.80. The predicted molar refractivity (Wildman–Crippen MR) is 209 cm³/mol. The fraction of sp³-hybridized carbons (Fsp3) is 0.881. The van der Waals surface area contributed by atoms with Crippen LogP contribution in [0.25, 0.3) is 0 Å². The first-order valence-corrected chi connectivity index (χ1v) is 21.2. The standard InChI is InChI=1S/C42H79NO9/c1-3-5-7-9-11-13-15-17-19-21-23-25-27-29-31-36(46)41(50)43-34(33-51-42-40(49)39(48)38(47)37(32-44)52-42)35(45)30-28-26-24-22-20-18-16-14-12-10-8-6-4-2/h20,22,28,30,34-40,42,44-49H,3-19,21,23-27,29,31-33H2,1-2H3,(H,43,50)/b22-20?,30-28+/t34-,35+,36?,37+,38+,39-,40+,42+/m0/s1. The first-order chi connectivity index (χ1) is 25.3. The molecule has 10 heteroatoms. The molecule has 0 bridgehead atoms. The molecule has 0 aliphatic carbocycles. The summed E-state index contributed by atoms with van der Waals surface area (Å²) >= 11 is 0. The number of amides is 1. The van der Waals surface area contributed by atoms with Crippen molar-refractivity contribution in [3.8, 4) is 0 Å². The summed E-state index contributed by atoms with van der Waals surface area (Å²) in [6.07, 6.45) is 26.9. The van der Waals surface area contributed by atoms with Crippen LogP contribution in [0.4, 0.5) is 0 Å². The number of allylic oxidation sites excluding steroid dienone is 3. The molecule has 1 aliphatic rings. The van der Waals surface area contributed by atoms with Gasteiger partial charge in [0.15, 0.2) is 6.29 Å². The molecule has 1 saturated heterocycles. The zero-order valence-electron chi connectivity index (χ0n) is 32.9. The topological polar surface area (TPSA) is 169 Å². The van der Waals surface area contributed by atoms with Crippen LogP contribution >= 0.6 is 0 Å². The van der Waals surface area contributed by atoms with Crippen molar-refractivity contribution in [1.82, 2.24) is 5.32 Å². The van der Waals surface area contributed by atoms with E-state index < -0.39 is 61.5 Å². The van der Waals surface area contributed by atoms with Gasteiger partial charge in [-0.2, -0.15) is 0 Å². The number of carbonyl (C=O) groups is 1. The Hall–Kier alpha value is -1.37. The van der Waals surface area contributed by atoms with Crippen LogP contribution in [0.15, 0.2) is 24.3 Å². The maximum Gasteiger partial charge on any atom is 0.249 e. The minimum atomic E-state index is -1.61. The van der Waals surface area contributed by atoms with Gasteiger partial charge in [0.05, 0.1) is 25.4 Å². The molecule has 0 aromatic carbocycles. The SMILES string of the molecule is CCCCCCCCCC=CCC/C=C/[C@@H](O)[C@H](CO[C@@H]1O[C@H](CO)[C@@H](O)[C@H](O)[C@H]1O)NC(=O)C(O)CCCCCCCCCCCCCCCC. The van der Waals surface area contributed by atoms with Crippen LogP contribution in [0.3, 0.4) is 0 Å². The van der Waals surface area contributed by atoms with Gasteiger partial charge in [-0.15, -0.1) is 0 Å². The third-order valence-electron chi connectivity index (χ3n) is 10.1. The number of unbranched alkanes of at least 4 members (excludes halogenated alkanes) is 21. The van der Waals surface area contributed by atoms with Crippen molar-refractivity contribution in [2.45, 2.75) is 223 Å². The molecule has 1 amide bonds. The maximum absolute atomic E-state index is 13.0. The first-order valence-electron chi connectivity index (χ1n) is 21.2. The average Bonchev–Trinajstić information content (AvgIpc) is 3.14. The number of hydrogen-bond acceptors (Lipinski definition) is 9. The zero-order valence-corrected chi connectivity index (χ0v) is 32.9. The Morgan fingerprint density at radius 2 is 1.13 bits per heavy atom. The van der Waals surface area contributed by atoms with Crippen molar-refractivity contribution < 1.29 is 44.9 Å². The molecule has 0 saturated carbocycles. The Balaban J connectivity index is 2.50. The van der Waals surface area contributed by atoms with Gasteiger partial charge in [-0.25, -0.2) is 0 Å². The molecule has 8 atom stereocenters. The molecule has 0 aromatic rings.